The molecule has 2 aliphatic rings. The van der Waals surface area contributed by atoms with Crippen molar-refractivity contribution >= 4 is 17.7 Å². The molecule has 2 saturated heterocycles. The summed E-state index contributed by atoms with van der Waals surface area (Å²) in [5, 5.41) is 13.0. The number of piperazine rings is 1. The molecule has 2 N–H and O–H groups in total. The predicted molar refractivity (Wildman–Crippen MR) is 107 cm³/mol. The molecule has 0 saturated carbocycles. The average Bonchev–Trinajstić information content (AvgIpc) is 2.67. The van der Waals surface area contributed by atoms with Crippen molar-refractivity contribution in [3.8, 4) is 11.5 Å². The number of nitrogens with zero attached hydrogens (tertiary/aromatic N) is 2. The lowest BCUT2D eigenvalue weighted by molar-refractivity contribution is -0.124. The van der Waals surface area contributed by atoms with E-state index in [1.54, 1.807) is 7.11 Å². The van der Waals surface area contributed by atoms with E-state index < -0.39 is 6.10 Å². The number of aliphatic hydroxyl groups is 1. The number of rotatable bonds is 8. The lowest BCUT2D eigenvalue weighted by Crippen LogP contribution is -2.50. The van der Waals surface area contributed by atoms with Crippen LogP contribution in [0.3, 0.4) is 0 Å². The van der Waals surface area contributed by atoms with E-state index in [2.05, 4.69) is 16.3 Å². The van der Waals surface area contributed by atoms with Crippen LogP contribution in [0.15, 0.2) is 18.2 Å². The SMILES string of the molecule is COc1cc(CN2CCSCC2)ccc1OCC(O)CN1CCNC(=O)C1. The molecular weight excluding hydrogens is 366 g/mol. The highest BCUT2D eigenvalue weighted by Gasteiger charge is 2.20. The van der Waals surface area contributed by atoms with Crippen molar-refractivity contribution in [1.29, 1.82) is 0 Å². The van der Waals surface area contributed by atoms with Gasteiger partial charge in [-0.2, -0.15) is 11.8 Å². The monoisotopic (exact) mass is 395 g/mol. The van der Waals surface area contributed by atoms with Gasteiger partial charge < -0.3 is 19.9 Å². The summed E-state index contributed by atoms with van der Waals surface area (Å²) in [5.74, 6) is 3.69. The van der Waals surface area contributed by atoms with Crippen molar-refractivity contribution in [3.63, 3.8) is 0 Å². The van der Waals surface area contributed by atoms with Crippen LogP contribution in [-0.2, 0) is 11.3 Å². The summed E-state index contributed by atoms with van der Waals surface area (Å²) >= 11 is 2.01. The third kappa shape index (κ3) is 6.27. The molecule has 2 aliphatic heterocycles. The number of hydrogen-bond acceptors (Lipinski definition) is 7. The zero-order valence-corrected chi connectivity index (χ0v) is 16.7. The fourth-order valence-electron chi connectivity index (χ4n) is 3.33. The molecule has 150 valence electrons. The van der Waals surface area contributed by atoms with Gasteiger partial charge in [0, 0.05) is 50.8 Å². The van der Waals surface area contributed by atoms with Crippen LogP contribution >= 0.6 is 11.8 Å². The van der Waals surface area contributed by atoms with E-state index >= 15 is 0 Å². The second kappa shape index (κ2) is 10.2. The van der Waals surface area contributed by atoms with Crippen LogP contribution in [0.4, 0.5) is 0 Å². The molecule has 1 aromatic rings. The standard InChI is InChI=1S/C19H29N3O4S/c1-25-18-10-15(11-21-6-8-27-9-7-21)2-3-17(18)26-14-16(23)12-22-5-4-20-19(24)13-22/h2-3,10,16,23H,4-9,11-14H2,1H3,(H,20,24). The number of carbonyl (C=O) groups excluding carboxylic acids is 1. The van der Waals surface area contributed by atoms with E-state index in [1.807, 2.05) is 28.8 Å². The zero-order chi connectivity index (χ0) is 19.1. The number of thioether (sulfide) groups is 1. The highest BCUT2D eigenvalue weighted by molar-refractivity contribution is 7.99. The topological polar surface area (TPSA) is 74.3 Å². The molecular formula is C19H29N3O4S. The summed E-state index contributed by atoms with van der Waals surface area (Å²) in [7, 11) is 1.63. The Morgan fingerprint density at radius 2 is 2.04 bits per heavy atom. The Balaban J connectivity index is 1.50. The Labute approximate surface area is 165 Å². The van der Waals surface area contributed by atoms with Gasteiger partial charge in [0.1, 0.15) is 12.7 Å². The molecule has 0 aromatic heterocycles. The molecule has 7 nitrogen and oxygen atoms in total. The molecule has 1 amide bonds. The molecule has 8 heteroatoms. The number of ether oxygens (including phenoxy) is 2. The van der Waals surface area contributed by atoms with Crippen LogP contribution in [-0.4, -0.2) is 91.4 Å². The lowest BCUT2D eigenvalue weighted by Gasteiger charge is -2.28. The number of benzene rings is 1. The number of amides is 1. The Morgan fingerprint density at radius 1 is 1.22 bits per heavy atom. The molecule has 1 aromatic carbocycles. The van der Waals surface area contributed by atoms with Crippen molar-refractivity contribution < 1.29 is 19.4 Å². The van der Waals surface area contributed by atoms with Gasteiger partial charge in [-0.1, -0.05) is 6.07 Å². The van der Waals surface area contributed by atoms with Crippen molar-refractivity contribution in [2.24, 2.45) is 0 Å². The smallest absolute Gasteiger partial charge is 0.234 e. The van der Waals surface area contributed by atoms with Crippen molar-refractivity contribution in [1.82, 2.24) is 15.1 Å². The lowest BCUT2D eigenvalue weighted by atomic mass is 10.2. The van der Waals surface area contributed by atoms with Gasteiger partial charge >= 0.3 is 0 Å². The number of methoxy groups -OCH3 is 1. The van der Waals surface area contributed by atoms with Gasteiger partial charge in [0.2, 0.25) is 5.91 Å². The van der Waals surface area contributed by atoms with Crippen LogP contribution in [0.2, 0.25) is 0 Å². The summed E-state index contributed by atoms with van der Waals surface area (Å²) < 4.78 is 11.3. The van der Waals surface area contributed by atoms with Crippen LogP contribution in [0, 0.1) is 0 Å². The molecule has 0 aliphatic carbocycles. The summed E-state index contributed by atoms with van der Waals surface area (Å²) in [4.78, 5) is 15.8. The average molecular weight is 396 g/mol. The van der Waals surface area contributed by atoms with Gasteiger partial charge in [-0.3, -0.25) is 14.6 Å². The first kappa shape index (κ1) is 20.3. The minimum absolute atomic E-state index is 0.000995. The number of β-amino-alcohol motifs (C(OH)–C–C–N with tert-alkyl or cyclic N) is 1. The molecule has 2 heterocycles. The van der Waals surface area contributed by atoms with Gasteiger partial charge in [0.05, 0.1) is 13.7 Å². The fraction of sp³-hybridized carbons (Fsp3) is 0.632. The third-order valence-electron chi connectivity index (χ3n) is 4.76. The molecule has 1 unspecified atom stereocenters. The first-order valence-corrected chi connectivity index (χ1v) is 10.6. The highest BCUT2D eigenvalue weighted by Crippen LogP contribution is 2.29. The summed E-state index contributed by atoms with van der Waals surface area (Å²) in [5.41, 5.74) is 1.20. The molecule has 2 fully saturated rings. The summed E-state index contributed by atoms with van der Waals surface area (Å²) in [6, 6.07) is 5.98. The van der Waals surface area contributed by atoms with Gasteiger partial charge in [-0.15, -0.1) is 0 Å². The normalized spacial score (nSPS) is 20.1. The number of hydrogen-bond donors (Lipinski definition) is 2. The van der Waals surface area contributed by atoms with Gasteiger partial charge in [-0.25, -0.2) is 0 Å². The number of nitrogens with one attached hydrogen (secondary N) is 1. The maximum atomic E-state index is 11.4. The Hall–Kier alpha value is -1.48. The van der Waals surface area contributed by atoms with E-state index in [0.717, 1.165) is 26.2 Å². The Bertz CT molecular complexity index is 625. The minimum Gasteiger partial charge on any atom is -0.493 e. The van der Waals surface area contributed by atoms with Crippen molar-refractivity contribution in [2.75, 3.05) is 64.5 Å². The van der Waals surface area contributed by atoms with Crippen LogP contribution in [0.25, 0.3) is 0 Å². The first-order valence-electron chi connectivity index (χ1n) is 9.41. The number of carbonyl (C=O) groups is 1. The molecule has 3 rings (SSSR count). The van der Waals surface area contributed by atoms with Crippen LogP contribution < -0.4 is 14.8 Å². The molecule has 0 spiro atoms. The zero-order valence-electron chi connectivity index (χ0n) is 15.9. The fourth-order valence-corrected chi connectivity index (χ4v) is 4.31. The molecule has 27 heavy (non-hydrogen) atoms. The minimum atomic E-state index is -0.661. The van der Waals surface area contributed by atoms with Crippen LogP contribution in [0.5, 0.6) is 11.5 Å². The predicted octanol–water partition coefficient (Wildman–Crippen LogP) is 0.416. The van der Waals surface area contributed by atoms with Crippen molar-refractivity contribution in [3.05, 3.63) is 23.8 Å². The second-order valence-electron chi connectivity index (χ2n) is 6.92. The van der Waals surface area contributed by atoms with E-state index in [9.17, 15) is 9.90 Å². The first-order chi connectivity index (χ1) is 13.1. The third-order valence-corrected chi connectivity index (χ3v) is 5.70. The van der Waals surface area contributed by atoms with Gasteiger partial charge in [-0.05, 0) is 17.7 Å². The maximum absolute atomic E-state index is 11.4. The largest absolute Gasteiger partial charge is 0.493 e. The van der Waals surface area contributed by atoms with E-state index in [0.29, 0.717) is 31.1 Å². The van der Waals surface area contributed by atoms with Crippen LogP contribution in [0.1, 0.15) is 5.56 Å². The maximum Gasteiger partial charge on any atom is 0.234 e. The van der Waals surface area contributed by atoms with E-state index in [-0.39, 0.29) is 12.5 Å². The summed E-state index contributed by atoms with van der Waals surface area (Å²) in [6.07, 6.45) is -0.661. The quantitative estimate of drug-likeness (QED) is 0.661. The highest BCUT2D eigenvalue weighted by atomic mass is 32.2. The second-order valence-corrected chi connectivity index (χ2v) is 8.15. The van der Waals surface area contributed by atoms with Gasteiger partial charge in [0.15, 0.2) is 11.5 Å². The van der Waals surface area contributed by atoms with Crippen molar-refractivity contribution in [2.45, 2.75) is 12.6 Å². The molecule has 0 bridgehead atoms. The molecule has 1 atom stereocenters. The summed E-state index contributed by atoms with van der Waals surface area (Å²) in [6.45, 7) is 5.42. The Morgan fingerprint density at radius 3 is 2.78 bits per heavy atom. The van der Waals surface area contributed by atoms with E-state index in [1.165, 1.54) is 17.1 Å². The molecule has 0 radical (unpaired) electrons. The van der Waals surface area contributed by atoms with E-state index in [4.69, 9.17) is 9.47 Å². The Kier molecular flexibility index (Phi) is 7.63. The van der Waals surface area contributed by atoms with Gasteiger partial charge in [0.25, 0.3) is 0 Å². The number of aliphatic hydroxyl groups excluding tert-OH is 1.